The fourth-order valence-corrected chi connectivity index (χ4v) is 7.05. The molecular formula is C32H23F6O3S2+. The van der Waals surface area contributed by atoms with Crippen LogP contribution in [-0.2, 0) is 21.0 Å². The van der Waals surface area contributed by atoms with Gasteiger partial charge in [-0.25, -0.2) is 0 Å². The summed E-state index contributed by atoms with van der Waals surface area (Å²) in [5.74, 6) is 0. The molecule has 0 aromatic heterocycles. The second-order valence-electron chi connectivity index (χ2n) is 8.91. The molecule has 0 spiro atoms. The third-order valence-electron chi connectivity index (χ3n) is 6.20. The minimum Gasteiger partial charge on any atom is -0.279 e. The Bertz CT molecular complexity index is 1750. The van der Waals surface area contributed by atoms with Gasteiger partial charge in [-0.2, -0.15) is 34.8 Å². The largest absolute Gasteiger partial charge is 0.522 e. The van der Waals surface area contributed by atoms with Crippen LogP contribution in [0.5, 0.6) is 0 Å². The van der Waals surface area contributed by atoms with Crippen molar-refractivity contribution in [1.82, 2.24) is 0 Å². The van der Waals surface area contributed by atoms with Crippen LogP contribution >= 0.6 is 0 Å². The molecule has 3 nitrogen and oxygen atoms in total. The van der Waals surface area contributed by atoms with E-state index in [1.54, 1.807) is 0 Å². The molecule has 0 amide bonds. The Kier molecular flexibility index (Phi) is 10.0. The first-order valence-electron chi connectivity index (χ1n) is 12.5. The van der Waals surface area contributed by atoms with E-state index in [0.29, 0.717) is 0 Å². The van der Waals surface area contributed by atoms with E-state index in [4.69, 9.17) is 13.0 Å². The van der Waals surface area contributed by atoms with Crippen LogP contribution in [0.25, 0.3) is 32.3 Å². The van der Waals surface area contributed by atoms with Gasteiger partial charge in [0.1, 0.15) is 10.9 Å². The van der Waals surface area contributed by atoms with Crippen molar-refractivity contribution in [2.45, 2.75) is 26.9 Å². The average Bonchev–Trinajstić information content (AvgIpc) is 2.97. The fraction of sp³-hybridized carbons (Fsp3) is 0.0625. The lowest BCUT2D eigenvalue weighted by molar-refractivity contribution is -0.0510. The molecule has 0 aliphatic heterocycles. The smallest absolute Gasteiger partial charge is 0.279 e. The molecule has 6 aromatic carbocycles. The molecule has 1 N–H and O–H groups in total. The highest BCUT2D eigenvalue weighted by atomic mass is 32.2. The van der Waals surface area contributed by atoms with Gasteiger partial charge in [0.25, 0.3) is 0 Å². The van der Waals surface area contributed by atoms with E-state index < -0.39 is 22.3 Å². The van der Waals surface area contributed by atoms with Crippen LogP contribution in [0, 0.1) is 0 Å². The molecule has 0 aliphatic carbocycles. The van der Waals surface area contributed by atoms with Crippen molar-refractivity contribution in [2.75, 3.05) is 0 Å². The second-order valence-corrected chi connectivity index (χ2v) is 12.3. The summed E-state index contributed by atoms with van der Waals surface area (Å²) in [6.07, 6.45) is 0. The Labute approximate surface area is 246 Å². The highest BCUT2D eigenvalue weighted by Gasteiger charge is 2.44. The number of halogens is 6. The average molecular weight is 634 g/mol. The highest BCUT2D eigenvalue weighted by Crippen LogP contribution is 2.41. The lowest BCUT2D eigenvalue weighted by Gasteiger charge is -2.14. The molecule has 43 heavy (non-hydrogen) atoms. The summed E-state index contributed by atoms with van der Waals surface area (Å²) in [7, 11) is -6.08. The molecule has 0 fully saturated rings. The first-order chi connectivity index (χ1) is 20.4. The van der Waals surface area contributed by atoms with Gasteiger partial charge >= 0.3 is 22.3 Å². The molecule has 222 valence electrons. The lowest BCUT2D eigenvalue weighted by atomic mass is 10.1. The fourth-order valence-electron chi connectivity index (χ4n) is 4.48. The normalized spacial score (nSPS) is 11.7. The number of benzene rings is 6. The number of fused-ring (bicyclic) bond motifs is 3. The van der Waals surface area contributed by atoms with E-state index in [9.17, 15) is 26.3 Å². The number of hydrogen-bond acceptors (Lipinski definition) is 2. The zero-order valence-corrected chi connectivity index (χ0v) is 23.7. The molecule has 11 heteroatoms. The van der Waals surface area contributed by atoms with Gasteiger partial charge in [-0.3, -0.25) is 4.55 Å². The third-order valence-corrected chi connectivity index (χ3v) is 9.17. The predicted octanol–water partition coefficient (Wildman–Crippen LogP) is 9.81. The SMILES string of the molecule is FC(F)F.O=S(=O)(O)C(F)(F)F.c1ccc2c([S+](c3cccc4ccccc34)c3cccc4ccccc34)cccc2c1. The topological polar surface area (TPSA) is 54.4 Å². The second kappa shape index (κ2) is 13.5. The lowest BCUT2D eigenvalue weighted by Crippen LogP contribution is -2.21. The Morgan fingerprint density at radius 3 is 1.00 bits per heavy atom. The van der Waals surface area contributed by atoms with Crippen molar-refractivity contribution in [2.24, 2.45) is 0 Å². The maximum absolute atomic E-state index is 10.7. The van der Waals surface area contributed by atoms with Crippen molar-refractivity contribution in [3.63, 3.8) is 0 Å². The van der Waals surface area contributed by atoms with E-state index in [-0.39, 0.29) is 10.9 Å². The first kappa shape index (κ1) is 31.9. The summed E-state index contributed by atoms with van der Waals surface area (Å²) in [5, 5.41) is 7.85. The summed E-state index contributed by atoms with van der Waals surface area (Å²) >= 11 is 0. The Hall–Kier alpha value is -4.06. The molecular weight excluding hydrogens is 610 g/mol. The zero-order chi connectivity index (χ0) is 31.2. The molecule has 0 saturated heterocycles. The van der Waals surface area contributed by atoms with Crippen molar-refractivity contribution < 1.29 is 39.3 Å². The van der Waals surface area contributed by atoms with Gasteiger partial charge in [0, 0.05) is 16.2 Å². The van der Waals surface area contributed by atoms with Crippen LogP contribution < -0.4 is 0 Å². The van der Waals surface area contributed by atoms with Crippen molar-refractivity contribution in [1.29, 1.82) is 0 Å². The minimum atomic E-state index is -5.84. The van der Waals surface area contributed by atoms with Crippen molar-refractivity contribution >= 4 is 53.3 Å². The third kappa shape index (κ3) is 7.67. The molecule has 0 heterocycles. The van der Waals surface area contributed by atoms with Crippen LogP contribution in [0.15, 0.2) is 142 Å². The first-order valence-corrected chi connectivity index (χ1v) is 15.2. The summed E-state index contributed by atoms with van der Waals surface area (Å²) in [6, 6.07) is 46.5. The number of hydrogen-bond donors (Lipinski definition) is 1. The predicted molar refractivity (Wildman–Crippen MR) is 159 cm³/mol. The van der Waals surface area contributed by atoms with Crippen LogP contribution in [0.4, 0.5) is 26.3 Å². The quantitative estimate of drug-likeness (QED) is 0.0914. The van der Waals surface area contributed by atoms with Gasteiger partial charge in [-0.05, 0) is 52.6 Å². The van der Waals surface area contributed by atoms with Gasteiger partial charge < -0.3 is 0 Å². The van der Waals surface area contributed by atoms with E-state index in [2.05, 4.69) is 127 Å². The summed E-state index contributed by atoms with van der Waals surface area (Å²) in [5.41, 5.74) is -5.53. The van der Waals surface area contributed by atoms with Crippen LogP contribution in [0.3, 0.4) is 0 Å². The number of alkyl halides is 6. The summed E-state index contributed by atoms with van der Waals surface area (Å²) in [6.45, 7) is -3.67. The van der Waals surface area contributed by atoms with Gasteiger partial charge in [-0.1, -0.05) is 91.0 Å². The van der Waals surface area contributed by atoms with Crippen LogP contribution in [-0.4, -0.2) is 25.2 Å². The molecule has 6 aromatic rings. The van der Waals surface area contributed by atoms with Crippen molar-refractivity contribution in [3.8, 4) is 0 Å². The molecule has 6 rings (SSSR count). The van der Waals surface area contributed by atoms with E-state index >= 15 is 0 Å². The van der Waals surface area contributed by atoms with Gasteiger partial charge in [0.2, 0.25) is 0 Å². The van der Waals surface area contributed by atoms with E-state index in [0.717, 1.165) is 0 Å². The maximum atomic E-state index is 10.7. The van der Waals surface area contributed by atoms with Gasteiger partial charge in [0.15, 0.2) is 14.7 Å². The minimum absolute atomic E-state index is 0.238. The molecule has 0 aliphatic rings. The molecule has 0 atom stereocenters. The Morgan fingerprint density at radius 1 is 0.512 bits per heavy atom. The van der Waals surface area contributed by atoms with Crippen LogP contribution in [0.1, 0.15) is 0 Å². The molecule has 0 radical (unpaired) electrons. The molecule has 0 saturated carbocycles. The Balaban J connectivity index is 0.000000301. The van der Waals surface area contributed by atoms with Crippen molar-refractivity contribution in [3.05, 3.63) is 127 Å². The monoisotopic (exact) mass is 633 g/mol. The summed E-state index contributed by atoms with van der Waals surface area (Å²) < 4.78 is 86.5. The van der Waals surface area contributed by atoms with E-state index in [1.165, 1.54) is 47.0 Å². The van der Waals surface area contributed by atoms with Gasteiger partial charge in [-0.15, -0.1) is 0 Å². The highest BCUT2D eigenvalue weighted by molar-refractivity contribution is 7.97. The van der Waals surface area contributed by atoms with Gasteiger partial charge in [0.05, 0.1) is 0 Å². The molecule has 0 unspecified atom stereocenters. The standard InChI is InChI=1S/C30H21S.CHF3O3S.CHF3/c1-4-16-25-22(10-1)13-7-19-28(25)31(29-20-8-14-23-11-2-5-17-26(23)29)30-21-9-15-24-12-3-6-18-27(24)30;2-1(3,4)8(5,6)7;2-1(3)4/h1-21H;(H,5,6,7);1H/q+1;;. The maximum Gasteiger partial charge on any atom is 0.522 e. The van der Waals surface area contributed by atoms with Crippen LogP contribution in [0.2, 0.25) is 0 Å². The molecule has 0 bridgehead atoms. The zero-order valence-electron chi connectivity index (χ0n) is 22.0. The number of rotatable bonds is 3. The Morgan fingerprint density at radius 2 is 0.744 bits per heavy atom. The summed E-state index contributed by atoms with van der Waals surface area (Å²) in [4.78, 5) is 4.14. The van der Waals surface area contributed by atoms with E-state index in [1.807, 2.05) is 0 Å².